The lowest BCUT2D eigenvalue weighted by atomic mass is 10.1. The zero-order chi connectivity index (χ0) is 18.0. The van der Waals surface area contributed by atoms with Gasteiger partial charge in [0.2, 0.25) is 0 Å². The van der Waals surface area contributed by atoms with Gasteiger partial charge in [0.1, 0.15) is 5.75 Å². The van der Waals surface area contributed by atoms with E-state index in [0.29, 0.717) is 26.9 Å². The number of methoxy groups -OCH3 is 1. The number of nitrogens with one attached hydrogen (secondary N) is 1. The molecule has 25 heavy (non-hydrogen) atoms. The smallest absolute Gasteiger partial charge is 0.274 e. The minimum absolute atomic E-state index is 0.166. The third-order valence-electron chi connectivity index (χ3n) is 3.87. The van der Waals surface area contributed by atoms with Crippen molar-refractivity contribution in [1.82, 2.24) is 15.1 Å². The summed E-state index contributed by atoms with van der Waals surface area (Å²) in [6.45, 7) is 0.205. The molecule has 0 bridgehead atoms. The zero-order valence-electron chi connectivity index (χ0n) is 13.7. The quantitative estimate of drug-likeness (QED) is 0.729. The second-order valence-electron chi connectivity index (χ2n) is 5.45. The topological polar surface area (TPSA) is 73.2 Å². The number of nitrogens with zero attached hydrogens (tertiary/aromatic N) is 2. The number of carbonyl (C=O) groups is 1. The van der Waals surface area contributed by atoms with Gasteiger partial charge in [-0.15, -0.1) is 0 Å². The Morgan fingerprint density at radius 3 is 2.68 bits per heavy atom. The second-order valence-corrected chi connectivity index (χ2v) is 6.30. The number of ether oxygens (including phenoxy) is 1. The normalized spacial score (nSPS) is 10.7. The standard InChI is InChI=1S/C18H16BrN3O3/c1-22-18(24)13-6-4-3-5-12(13)16(21-22)10-20-17(23)14-9-11(25-2)7-8-15(14)19/h3-9H,10H2,1-2H3,(H,20,23). The van der Waals surface area contributed by atoms with Crippen molar-refractivity contribution in [3.63, 3.8) is 0 Å². The van der Waals surface area contributed by atoms with Crippen LogP contribution in [0.15, 0.2) is 51.7 Å². The van der Waals surface area contributed by atoms with Crippen molar-refractivity contribution in [3.05, 3.63) is 68.5 Å². The fourth-order valence-electron chi connectivity index (χ4n) is 2.57. The molecule has 0 saturated heterocycles. The van der Waals surface area contributed by atoms with Crippen LogP contribution in [0.4, 0.5) is 0 Å². The number of hydrogen-bond donors (Lipinski definition) is 1. The Balaban J connectivity index is 1.90. The van der Waals surface area contributed by atoms with Crippen LogP contribution in [0, 0.1) is 0 Å². The third-order valence-corrected chi connectivity index (χ3v) is 4.56. The van der Waals surface area contributed by atoms with E-state index in [4.69, 9.17) is 4.74 Å². The van der Waals surface area contributed by atoms with E-state index < -0.39 is 0 Å². The Morgan fingerprint density at radius 1 is 1.24 bits per heavy atom. The summed E-state index contributed by atoms with van der Waals surface area (Å²) in [6.07, 6.45) is 0. The molecule has 0 unspecified atom stereocenters. The van der Waals surface area contributed by atoms with Gasteiger partial charge < -0.3 is 10.1 Å². The molecule has 3 aromatic rings. The average Bonchev–Trinajstić information content (AvgIpc) is 2.63. The van der Waals surface area contributed by atoms with Crippen LogP contribution in [-0.4, -0.2) is 22.8 Å². The summed E-state index contributed by atoms with van der Waals surface area (Å²) in [5.41, 5.74) is 0.930. The Morgan fingerprint density at radius 2 is 1.96 bits per heavy atom. The lowest BCUT2D eigenvalue weighted by Gasteiger charge is -2.11. The number of aryl methyl sites for hydroxylation is 1. The van der Waals surface area contributed by atoms with Crippen LogP contribution in [0.5, 0.6) is 5.75 Å². The van der Waals surface area contributed by atoms with Gasteiger partial charge in [0.05, 0.1) is 30.3 Å². The molecule has 7 heteroatoms. The second kappa shape index (κ2) is 7.06. The maximum Gasteiger partial charge on any atom is 0.274 e. The van der Waals surface area contributed by atoms with Gasteiger partial charge in [-0.3, -0.25) is 9.59 Å². The van der Waals surface area contributed by atoms with Gasteiger partial charge in [0, 0.05) is 16.9 Å². The van der Waals surface area contributed by atoms with Gasteiger partial charge in [0.15, 0.2) is 0 Å². The first kappa shape index (κ1) is 17.2. The number of carbonyl (C=O) groups excluding carboxylic acids is 1. The van der Waals surface area contributed by atoms with Crippen LogP contribution < -0.4 is 15.6 Å². The van der Waals surface area contributed by atoms with Gasteiger partial charge in [-0.05, 0) is 40.2 Å². The fourth-order valence-corrected chi connectivity index (χ4v) is 3.00. The summed E-state index contributed by atoms with van der Waals surface area (Å²) >= 11 is 3.37. The summed E-state index contributed by atoms with van der Waals surface area (Å²) in [5, 5.41) is 8.43. The lowest BCUT2D eigenvalue weighted by Crippen LogP contribution is -2.27. The predicted molar refractivity (Wildman–Crippen MR) is 98.8 cm³/mol. The molecule has 128 valence electrons. The number of aromatic nitrogens is 2. The van der Waals surface area contributed by atoms with Crippen LogP contribution in [0.1, 0.15) is 16.1 Å². The van der Waals surface area contributed by atoms with Crippen LogP contribution in [0.3, 0.4) is 0 Å². The van der Waals surface area contributed by atoms with E-state index in [1.54, 1.807) is 44.5 Å². The van der Waals surface area contributed by atoms with Crippen molar-refractivity contribution in [1.29, 1.82) is 0 Å². The van der Waals surface area contributed by atoms with Crippen molar-refractivity contribution in [2.45, 2.75) is 6.54 Å². The number of fused-ring (bicyclic) bond motifs is 1. The molecular formula is C18H16BrN3O3. The van der Waals surface area contributed by atoms with E-state index >= 15 is 0 Å². The largest absolute Gasteiger partial charge is 0.497 e. The minimum Gasteiger partial charge on any atom is -0.497 e. The summed E-state index contributed by atoms with van der Waals surface area (Å²) in [7, 11) is 3.14. The Bertz CT molecular complexity index is 1010. The highest BCUT2D eigenvalue weighted by Gasteiger charge is 2.13. The van der Waals surface area contributed by atoms with Gasteiger partial charge >= 0.3 is 0 Å². The molecule has 1 N–H and O–H groups in total. The highest BCUT2D eigenvalue weighted by Crippen LogP contribution is 2.22. The summed E-state index contributed by atoms with van der Waals surface area (Å²) < 4.78 is 7.11. The van der Waals surface area contributed by atoms with Gasteiger partial charge in [0.25, 0.3) is 11.5 Å². The molecule has 3 rings (SSSR count). The van der Waals surface area contributed by atoms with Gasteiger partial charge in [-0.1, -0.05) is 18.2 Å². The van der Waals surface area contributed by atoms with Crippen LogP contribution in [0.25, 0.3) is 10.8 Å². The van der Waals surface area contributed by atoms with E-state index in [1.807, 2.05) is 12.1 Å². The minimum atomic E-state index is -0.259. The van der Waals surface area contributed by atoms with Crippen molar-refractivity contribution in [2.75, 3.05) is 7.11 Å². The van der Waals surface area contributed by atoms with Crippen LogP contribution in [0.2, 0.25) is 0 Å². The highest BCUT2D eigenvalue weighted by atomic mass is 79.9. The van der Waals surface area contributed by atoms with Gasteiger partial charge in [-0.2, -0.15) is 5.10 Å². The Hall–Kier alpha value is -2.67. The van der Waals surface area contributed by atoms with E-state index in [1.165, 1.54) is 4.68 Å². The van der Waals surface area contributed by atoms with Crippen LogP contribution >= 0.6 is 15.9 Å². The molecule has 0 saturated carbocycles. The molecule has 1 aromatic heterocycles. The average molecular weight is 402 g/mol. The van der Waals surface area contributed by atoms with Gasteiger partial charge in [-0.25, -0.2) is 4.68 Å². The zero-order valence-corrected chi connectivity index (χ0v) is 15.3. The molecular weight excluding hydrogens is 386 g/mol. The SMILES string of the molecule is COc1ccc(Br)c(C(=O)NCc2nn(C)c(=O)c3ccccc23)c1. The fraction of sp³-hybridized carbons (Fsp3) is 0.167. The summed E-state index contributed by atoms with van der Waals surface area (Å²) in [6, 6.07) is 12.4. The Kier molecular flexibility index (Phi) is 4.85. The molecule has 1 amide bonds. The first-order chi connectivity index (χ1) is 12.0. The molecule has 0 fully saturated rings. The number of halogens is 1. The molecule has 2 aromatic carbocycles. The lowest BCUT2D eigenvalue weighted by molar-refractivity contribution is 0.0949. The molecule has 1 heterocycles. The van der Waals surface area contributed by atoms with Crippen molar-refractivity contribution in [2.24, 2.45) is 7.05 Å². The first-order valence-electron chi connectivity index (χ1n) is 7.58. The maximum absolute atomic E-state index is 12.5. The number of amides is 1. The van der Waals surface area contributed by atoms with Crippen molar-refractivity contribution >= 4 is 32.6 Å². The monoisotopic (exact) mass is 401 g/mol. The number of rotatable bonds is 4. The molecule has 0 radical (unpaired) electrons. The molecule has 0 aliphatic heterocycles. The third kappa shape index (κ3) is 3.41. The number of benzene rings is 2. The van der Waals surface area contributed by atoms with Crippen molar-refractivity contribution in [3.8, 4) is 5.75 Å². The molecule has 6 nitrogen and oxygen atoms in total. The molecule has 0 aliphatic carbocycles. The van der Waals surface area contributed by atoms with Crippen LogP contribution in [-0.2, 0) is 13.6 Å². The highest BCUT2D eigenvalue weighted by molar-refractivity contribution is 9.10. The van der Waals surface area contributed by atoms with Crippen molar-refractivity contribution < 1.29 is 9.53 Å². The van der Waals surface area contributed by atoms with E-state index in [9.17, 15) is 9.59 Å². The Labute approximate surface area is 152 Å². The summed E-state index contributed by atoms with van der Waals surface area (Å²) in [5.74, 6) is 0.338. The van der Waals surface area contributed by atoms with E-state index in [0.717, 1.165) is 5.39 Å². The molecule has 0 spiro atoms. The number of hydrogen-bond acceptors (Lipinski definition) is 4. The summed E-state index contributed by atoms with van der Waals surface area (Å²) in [4.78, 5) is 24.7. The predicted octanol–water partition coefficient (Wildman–Crippen LogP) is 2.63. The van der Waals surface area contributed by atoms with E-state index in [2.05, 4.69) is 26.3 Å². The molecule has 0 aliphatic rings. The maximum atomic E-state index is 12.5. The first-order valence-corrected chi connectivity index (χ1v) is 8.37. The van der Waals surface area contributed by atoms with E-state index in [-0.39, 0.29) is 18.0 Å². The molecule has 0 atom stereocenters.